The van der Waals surface area contributed by atoms with E-state index in [1.807, 2.05) is 0 Å². The molecule has 90 valence electrons. The van der Waals surface area contributed by atoms with Crippen molar-refractivity contribution >= 4 is 0 Å². The predicted molar refractivity (Wildman–Crippen MR) is 65.0 cm³/mol. The molecule has 1 aliphatic rings. The quantitative estimate of drug-likeness (QED) is 0.688. The summed E-state index contributed by atoms with van der Waals surface area (Å²) in [5.41, 5.74) is 0. The van der Waals surface area contributed by atoms with Crippen molar-refractivity contribution < 1.29 is 5.11 Å². The number of nitrogens with one attached hydrogen (secondary N) is 1. The summed E-state index contributed by atoms with van der Waals surface area (Å²) < 4.78 is 0. The van der Waals surface area contributed by atoms with Crippen molar-refractivity contribution in [2.75, 3.05) is 6.61 Å². The molecule has 2 nitrogen and oxygen atoms in total. The van der Waals surface area contributed by atoms with Crippen LogP contribution >= 0.6 is 0 Å². The molecular formula is C13H27NO. The Bertz CT molecular complexity index is 161. The normalized spacial score (nSPS) is 29.8. The standard InChI is InChI=1S/C13H27NO/c1-3-5-12-6-4-7-13(9-8-12)14-11(2)10-15/h11-15H,3-10H2,1-2H3/t11-,12?,13?/m1/s1. The first-order valence-corrected chi connectivity index (χ1v) is 6.63. The highest BCUT2D eigenvalue weighted by molar-refractivity contribution is 4.76. The minimum Gasteiger partial charge on any atom is -0.395 e. The van der Waals surface area contributed by atoms with Gasteiger partial charge in [0, 0.05) is 12.1 Å². The van der Waals surface area contributed by atoms with E-state index in [9.17, 15) is 0 Å². The lowest BCUT2D eigenvalue weighted by molar-refractivity contribution is 0.235. The lowest BCUT2D eigenvalue weighted by Crippen LogP contribution is -2.38. The molecule has 0 aromatic heterocycles. The summed E-state index contributed by atoms with van der Waals surface area (Å²) >= 11 is 0. The van der Waals surface area contributed by atoms with E-state index in [4.69, 9.17) is 5.11 Å². The van der Waals surface area contributed by atoms with Gasteiger partial charge < -0.3 is 10.4 Å². The van der Waals surface area contributed by atoms with Crippen molar-refractivity contribution in [2.45, 2.75) is 70.9 Å². The molecule has 0 saturated heterocycles. The summed E-state index contributed by atoms with van der Waals surface area (Å²) in [5, 5.41) is 12.5. The molecule has 0 spiro atoms. The Balaban J connectivity index is 2.26. The van der Waals surface area contributed by atoms with E-state index in [0.717, 1.165) is 5.92 Å². The average molecular weight is 213 g/mol. The summed E-state index contributed by atoms with van der Waals surface area (Å²) in [6.45, 7) is 4.61. The molecule has 1 aliphatic carbocycles. The largest absolute Gasteiger partial charge is 0.395 e. The number of rotatable bonds is 5. The van der Waals surface area contributed by atoms with Gasteiger partial charge in [0.1, 0.15) is 0 Å². The zero-order valence-electron chi connectivity index (χ0n) is 10.3. The van der Waals surface area contributed by atoms with E-state index < -0.39 is 0 Å². The van der Waals surface area contributed by atoms with Crippen LogP contribution in [0.1, 0.15) is 58.8 Å². The van der Waals surface area contributed by atoms with Gasteiger partial charge in [-0.25, -0.2) is 0 Å². The van der Waals surface area contributed by atoms with Gasteiger partial charge in [-0.2, -0.15) is 0 Å². The molecule has 15 heavy (non-hydrogen) atoms. The maximum atomic E-state index is 9.01. The molecule has 2 heteroatoms. The molecule has 0 radical (unpaired) electrons. The Hall–Kier alpha value is -0.0800. The zero-order chi connectivity index (χ0) is 11.1. The zero-order valence-corrected chi connectivity index (χ0v) is 10.3. The first-order valence-electron chi connectivity index (χ1n) is 6.63. The molecular weight excluding hydrogens is 186 g/mol. The van der Waals surface area contributed by atoms with Gasteiger partial charge >= 0.3 is 0 Å². The molecule has 0 aliphatic heterocycles. The van der Waals surface area contributed by atoms with Crippen molar-refractivity contribution in [2.24, 2.45) is 5.92 Å². The fourth-order valence-corrected chi connectivity index (χ4v) is 2.70. The molecule has 0 amide bonds. The summed E-state index contributed by atoms with van der Waals surface area (Å²) in [6, 6.07) is 0.909. The van der Waals surface area contributed by atoms with Crippen LogP contribution in [0.25, 0.3) is 0 Å². The second kappa shape index (κ2) is 7.24. The molecule has 0 heterocycles. The smallest absolute Gasteiger partial charge is 0.0582 e. The third kappa shape index (κ3) is 4.98. The number of aliphatic hydroxyl groups is 1. The van der Waals surface area contributed by atoms with E-state index in [0.29, 0.717) is 6.04 Å². The van der Waals surface area contributed by atoms with Crippen LogP contribution in [0.2, 0.25) is 0 Å². The Labute approximate surface area is 94.5 Å². The van der Waals surface area contributed by atoms with Gasteiger partial charge in [0.2, 0.25) is 0 Å². The van der Waals surface area contributed by atoms with Crippen LogP contribution in [0, 0.1) is 5.92 Å². The summed E-state index contributed by atoms with van der Waals surface area (Å²) in [6.07, 6.45) is 9.49. The fraction of sp³-hybridized carbons (Fsp3) is 1.00. The van der Waals surface area contributed by atoms with Crippen LogP contribution in [0.3, 0.4) is 0 Å². The highest BCUT2D eigenvalue weighted by Gasteiger charge is 2.18. The van der Waals surface area contributed by atoms with Crippen LogP contribution in [0.15, 0.2) is 0 Å². The van der Waals surface area contributed by atoms with Gasteiger partial charge in [0.15, 0.2) is 0 Å². The molecule has 3 atom stereocenters. The van der Waals surface area contributed by atoms with E-state index in [1.165, 1.54) is 44.9 Å². The molecule has 1 rings (SSSR count). The molecule has 1 saturated carbocycles. The summed E-state index contributed by atoms with van der Waals surface area (Å²) in [5.74, 6) is 0.964. The lowest BCUT2D eigenvalue weighted by atomic mass is 9.95. The van der Waals surface area contributed by atoms with Crippen LogP contribution in [-0.2, 0) is 0 Å². The first kappa shape index (κ1) is 13.0. The van der Waals surface area contributed by atoms with Crippen molar-refractivity contribution in [1.29, 1.82) is 0 Å². The minimum atomic E-state index is 0.259. The van der Waals surface area contributed by atoms with Crippen molar-refractivity contribution in [3.8, 4) is 0 Å². The highest BCUT2D eigenvalue weighted by Crippen LogP contribution is 2.26. The molecule has 2 unspecified atom stereocenters. The van der Waals surface area contributed by atoms with E-state index in [1.54, 1.807) is 0 Å². The summed E-state index contributed by atoms with van der Waals surface area (Å²) in [4.78, 5) is 0. The monoisotopic (exact) mass is 213 g/mol. The Morgan fingerprint density at radius 1 is 1.27 bits per heavy atom. The maximum absolute atomic E-state index is 9.01. The van der Waals surface area contributed by atoms with Crippen molar-refractivity contribution in [1.82, 2.24) is 5.32 Å². The SMILES string of the molecule is CCCC1CCCC(N[C@H](C)CO)CC1. The molecule has 1 fully saturated rings. The van der Waals surface area contributed by atoms with Crippen LogP contribution in [0.4, 0.5) is 0 Å². The van der Waals surface area contributed by atoms with E-state index in [2.05, 4.69) is 19.2 Å². The third-order valence-electron chi connectivity index (χ3n) is 3.58. The fourth-order valence-electron chi connectivity index (χ4n) is 2.70. The van der Waals surface area contributed by atoms with Gasteiger partial charge in [-0.1, -0.05) is 32.6 Å². The van der Waals surface area contributed by atoms with Gasteiger partial charge in [-0.15, -0.1) is 0 Å². The summed E-state index contributed by atoms with van der Waals surface area (Å²) in [7, 11) is 0. The first-order chi connectivity index (χ1) is 7.26. The number of hydrogen-bond acceptors (Lipinski definition) is 2. The highest BCUT2D eigenvalue weighted by atomic mass is 16.3. The predicted octanol–water partition coefficient (Wildman–Crippen LogP) is 2.71. The van der Waals surface area contributed by atoms with Gasteiger partial charge in [0.25, 0.3) is 0 Å². The van der Waals surface area contributed by atoms with Gasteiger partial charge in [-0.05, 0) is 32.1 Å². The molecule has 0 aromatic rings. The van der Waals surface area contributed by atoms with Crippen molar-refractivity contribution in [3.63, 3.8) is 0 Å². The molecule has 0 bridgehead atoms. The van der Waals surface area contributed by atoms with E-state index >= 15 is 0 Å². The number of hydrogen-bond donors (Lipinski definition) is 2. The Kier molecular flexibility index (Phi) is 6.26. The number of aliphatic hydroxyl groups excluding tert-OH is 1. The Morgan fingerprint density at radius 2 is 2.07 bits per heavy atom. The maximum Gasteiger partial charge on any atom is 0.0582 e. The third-order valence-corrected chi connectivity index (χ3v) is 3.58. The van der Waals surface area contributed by atoms with Crippen LogP contribution in [0.5, 0.6) is 0 Å². The second-order valence-electron chi connectivity index (χ2n) is 5.11. The molecule has 2 N–H and O–H groups in total. The van der Waals surface area contributed by atoms with Crippen LogP contribution in [-0.4, -0.2) is 23.8 Å². The van der Waals surface area contributed by atoms with Crippen molar-refractivity contribution in [3.05, 3.63) is 0 Å². The van der Waals surface area contributed by atoms with Gasteiger partial charge in [-0.3, -0.25) is 0 Å². The van der Waals surface area contributed by atoms with E-state index in [-0.39, 0.29) is 12.6 Å². The topological polar surface area (TPSA) is 32.3 Å². The van der Waals surface area contributed by atoms with Gasteiger partial charge in [0.05, 0.1) is 6.61 Å². The molecule has 0 aromatic carbocycles. The van der Waals surface area contributed by atoms with Crippen LogP contribution < -0.4 is 5.32 Å². The minimum absolute atomic E-state index is 0.259. The average Bonchev–Trinajstić information content (AvgIpc) is 2.45. The lowest BCUT2D eigenvalue weighted by Gasteiger charge is -2.20. The Morgan fingerprint density at radius 3 is 2.73 bits per heavy atom. The second-order valence-corrected chi connectivity index (χ2v) is 5.11.